The molecule has 126 valence electrons. The normalized spacial score (nSPS) is 21.1. The van der Waals surface area contributed by atoms with Crippen molar-refractivity contribution in [1.82, 2.24) is 9.88 Å². The quantitative estimate of drug-likeness (QED) is 0.918. The molecular formula is C18H20N2O4. The maximum Gasteiger partial charge on any atom is 0.254 e. The zero-order valence-corrected chi connectivity index (χ0v) is 13.3. The first-order chi connectivity index (χ1) is 11.7. The standard InChI is InChI=1S/C18H20N2O4/c21-17(15-6-8-19-9-7-15)20-10-11-23-13-18(22,12-20)14-24-16-4-2-1-3-5-16/h1-9,22H,10-14H2/t18-/m1/s1. The number of para-hydroxylation sites is 1. The molecule has 1 atom stereocenters. The number of ether oxygens (including phenoxy) is 2. The Kier molecular flexibility index (Phi) is 5.08. The minimum absolute atomic E-state index is 0.0527. The molecule has 1 aliphatic rings. The van der Waals surface area contributed by atoms with Gasteiger partial charge in [0.15, 0.2) is 0 Å². The van der Waals surface area contributed by atoms with Gasteiger partial charge in [0, 0.05) is 24.5 Å². The molecule has 1 N–H and O–H groups in total. The molecule has 1 amide bonds. The van der Waals surface area contributed by atoms with Crippen molar-refractivity contribution in [3.63, 3.8) is 0 Å². The number of aliphatic hydroxyl groups is 1. The van der Waals surface area contributed by atoms with Gasteiger partial charge in [-0.1, -0.05) is 18.2 Å². The fourth-order valence-electron chi connectivity index (χ4n) is 2.59. The maximum absolute atomic E-state index is 12.6. The molecule has 3 rings (SSSR count). The van der Waals surface area contributed by atoms with Crippen LogP contribution in [0.1, 0.15) is 10.4 Å². The molecule has 0 bridgehead atoms. The zero-order chi connectivity index (χ0) is 16.8. The second kappa shape index (κ2) is 7.42. The zero-order valence-electron chi connectivity index (χ0n) is 13.3. The van der Waals surface area contributed by atoms with E-state index in [2.05, 4.69) is 4.98 Å². The Morgan fingerprint density at radius 2 is 2.00 bits per heavy atom. The molecule has 24 heavy (non-hydrogen) atoms. The van der Waals surface area contributed by atoms with Gasteiger partial charge in [-0.3, -0.25) is 9.78 Å². The average molecular weight is 328 g/mol. The lowest BCUT2D eigenvalue weighted by molar-refractivity contribution is -0.0621. The lowest BCUT2D eigenvalue weighted by Gasteiger charge is -2.30. The van der Waals surface area contributed by atoms with Crippen LogP contribution in [-0.2, 0) is 4.74 Å². The number of β-amino-alcohol motifs (C(OH)–C–C–N with tert-alkyl or cyclic N) is 1. The number of nitrogens with zero attached hydrogens (tertiary/aromatic N) is 2. The van der Waals surface area contributed by atoms with E-state index in [4.69, 9.17) is 9.47 Å². The molecule has 2 aromatic rings. The molecular weight excluding hydrogens is 308 g/mol. The van der Waals surface area contributed by atoms with E-state index in [9.17, 15) is 9.90 Å². The predicted octanol–water partition coefficient (Wildman–Crippen LogP) is 1.36. The molecule has 2 heterocycles. The summed E-state index contributed by atoms with van der Waals surface area (Å²) >= 11 is 0. The highest BCUT2D eigenvalue weighted by atomic mass is 16.5. The Morgan fingerprint density at radius 3 is 2.75 bits per heavy atom. The van der Waals surface area contributed by atoms with E-state index >= 15 is 0 Å². The van der Waals surface area contributed by atoms with E-state index < -0.39 is 5.60 Å². The van der Waals surface area contributed by atoms with Gasteiger partial charge in [-0.2, -0.15) is 0 Å². The van der Waals surface area contributed by atoms with Crippen molar-refractivity contribution in [1.29, 1.82) is 0 Å². The Morgan fingerprint density at radius 1 is 1.25 bits per heavy atom. The Labute approximate surface area is 140 Å². The van der Waals surface area contributed by atoms with Crippen LogP contribution in [0.2, 0.25) is 0 Å². The maximum atomic E-state index is 12.6. The second-order valence-electron chi connectivity index (χ2n) is 5.84. The van der Waals surface area contributed by atoms with Gasteiger partial charge >= 0.3 is 0 Å². The molecule has 0 saturated carbocycles. The Balaban J connectivity index is 1.68. The summed E-state index contributed by atoms with van der Waals surface area (Å²) in [6.45, 7) is 1.14. The van der Waals surface area contributed by atoms with Crippen molar-refractivity contribution in [2.24, 2.45) is 0 Å². The lowest BCUT2D eigenvalue weighted by atomic mass is 10.1. The number of carbonyl (C=O) groups excluding carboxylic acids is 1. The summed E-state index contributed by atoms with van der Waals surface area (Å²) in [6, 6.07) is 12.6. The van der Waals surface area contributed by atoms with Crippen LogP contribution >= 0.6 is 0 Å². The van der Waals surface area contributed by atoms with Crippen LogP contribution in [0.15, 0.2) is 54.9 Å². The van der Waals surface area contributed by atoms with Crippen molar-refractivity contribution in [2.45, 2.75) is 5.60 Å². The van der Waals surface area contributed by atoms with Crippen LogP contribution in [0.3, 0.4) is 0 Å². The van der Waals surface area contributed by atoms with Gasteiger partial charge in [0.2, 0.25) is 0 Å². The fraction of sp³-hybridized carbons (Fsp3) is 0.333. The first-order valence-corrected chi connectivity index (χ1v) is 7.84. The molecule has 1 aromatic carbocycles. The van der Waals surface area contributed by atoms with Crippen LogP contribution in [0.4, 0.5) is 0 Å². The van der Waals surface area contributed by atoms with E-state index in [-0.39, 0.29) is 25.7 Å². The third-order valence-electron chi connectivity index (χ3n) is 3.83. The van der Waals surface area contributed by atoms with Crippen molar-refractivity contribution >= 4 is 5.91 Å². The lowest BCUT2D eigenvalue weighted by Crippen LogP contribution is -2.50. The predicted molar refractivity (Wildman–Crippen MR) is 87.8 cm³/mol. The smallest absolute Gasteiger partial charge is 0.254 e. The van der Waals surface area contributed by atoms with Crippen LogP contribution in [-0.4, -0.2) is 59.4 Å². The van der Waals surface area contributed by atoms with Crippen molar-refractivity contribution in [3.8, 4) is 5.75 Å². The topological polar surface area (TPSA) is 71.9 Å². The highest BCUT2D eigenvalue weighted by Gasteiger charge is 2.35. The summed E-state index contributed by atoms with van der Waals surface area (Å²) < 4.78 is 11.1. The first kappa shape index (κ1) is 16.4. The fourth-order valence-corrected chi connectivity index (χ4v) is 2.59. The van der Waals surface area contributed by atoms with Gasteiger partial charge in [-0.05, 0) is 24.3 Å². The molecule has 0 spiro atoms. The molecule has 0 unspecified atom stereocenters. The third kappa shape index (κ3) is 4.10. The Hall–Kier alpha value is -2.44. The highest BCUT2D eigenvalue weighted by Crippen LogP contribution is 2.18. The minimum atomic E-state index is -1.25. The number of hydrogen-bond donors (Lipinski definition) is 1. The van der Waals surface area contributed by atoms with E-state index in [1.54, 1.807) is 29.4 Å². The SMILES string of the molecule is O=C(c1ccncc1)N1CCOC[C@@](O)(COc2ccccc2)C1. The van der Waals surface area contributed by atoms with Gasteiger partial charge in [-0.15, -0.1) is 0 Å². The molecule has 1 aromatic heterocycles. The summed E-state index contributed by atoms with van der Waals surface area (Å²) in [4.78, 5) is 18.1. The number of aromatic nitrogens is 1. The largest absolute Gasteiger partial charge is 0.490 e. The van der Waals surface area contributed by atoms with Gasteiger partial charge in [-0.25, -0.2) is 0 Å². The van der Waals surface area contributed by atoms with E-state index in [1.807, 2.05) is 30.3 Å². The average Bonchev–Trinajstić information content (AvgIpc) is 2.83. The van der Waals surface area contributed by atoms with E-state index in [1.165, 1.54) is 0 Å². The van der Waals surface area contributed by atoms with Gasteiger partial charge in [0.05, 0.1) is 19.8 Å². The summed E-state index contributed by atoms with van der Waals surface area (Å²) in [5.74, 6) is 0.517. The molecule has 0 radical (unpaired) electrons. The van der Waals surface area contributed by atoms with Crippen LogP contribution in [0, 0.1) is 0 Å². The van der Waals surface area contributed by atoms with E-state index in [0.29, 0.717) is 24.5 Å². The molecule has 1 saturated heterocycles. The van der Waals surface area contributed by atoms with Gasteiger partial charge in [0.1, 0.15) is 18.0 Å². The van der Waals surface area contributed by atoms with E-state index in [0.717, 1.165) is 0 Å². The number of benzene rings is 1. The molecule has 6 nitrogen and oxygen atoms in total. The third-order valence-corrected chi connectivity index (χ3v) is 3.83. The monoisotopic (exact) mass is 328 g/mol. The minimum Gasteiger partial charge on any atom is -0.490 e. The highest BCUT2D eigenvalue weighted by molar-refractivity contribution is 5.94. The summed E-state index contributed by atoms with van der Waals surface area (Å²) in [5.41, 5.74) is -0.715. The number of amides is 1. The summed E-state index contributed by atoms with van der Waals surface area (Å²) in [6.07, 6.45) is 3.15. The van der Waals surface area contributed by atoms with Crippen molar-refractivity contribution < 1.29 is 19.4 Å². The number of hydrogen-bond acceptors (Lipinski definition) is 5. The number of carbonyl (C=O) groups is 1. The van der Waals surface area contributed by atoms with Gasteiger partial charge < -0.3 is 19.5 Å². The Bertz CT molecular complexity index is 665. The molecule has 1 aliphatic heterocycles. The molecule has 6 heteroatoms. The van der Waals surface area contributed by atoms with Crippen LogP contribution in [0.25, 0.3) is 0 Å². The van der Waals surface area contributed by atoms with Gasteiger partial charge in [0.25, 0.3) is 5.91 Å². The summed E-state index contributed by atoms with van der Waals surface area (Å²) in [5, 5.41) is 10.8. The molecule has 0 aliphatic carbocycles. The second-order valence-corrected chi connectivity index (χ2v) is 5.84. The number of pyridine rings is 1. The first-order valence-electron chi connectivity index (χ1n) is 7.84. The number of rotatable bonds is 4. The van der Waals surface area contributed by atoms with Crippen LogP contribution in [0.5, 0.6) is 5.75 Å². The van der Waals surface area contributed by atoms with Crippen molar-refractivity contribution in [3.05, 3.63) is 60.4 Å². The molecule has 1 fully saturated rings. The van der Waals surface area contributed by atoms with Crippen LogP contribution < -0.4 is 4.74 Å². The summed E-state index contributed by atoms with van der Waals surface area (Å²) in [7, 11) is 0. The van der Waals surface area contributed by atoms with Crippen molar-refractivity contribution in [2.75, 3.05) is 32.9 Å².